The van der Waals surface area contributed by atoms with E-state index in [1.807, 2.05) is 0 Å². The first kappa shape index (κ1) is 12.8. The fraction of sp³-hybridized carbons (Fsp3) is 0.182. The number of hydrogen-bond acceptors (Lipinski definition) is 5. The van der Waals surface area contributed by atoms with Gasteiger partial charge in [0.2, 0.25) is 0 Å². The second kappa shape index (κ2) is 5.36. The smallest absolute Gasteiger partial charge is 0.270 e. The Morgan fingerprint density at radius 3 is 2.61 bits per heavy atom. The van der Waals surface area contributed by atoms with E-state index in [0.717, 1.165) is 5.01 Å². The Bertz CT molecular complexity index is 486. The van der Waals surface area contributed by atoms with Crippen molar-refractivity contribution in [1.29, 1.82) is 0 Å². The molecular formula is C11H10N2O3S2. The summed E-state index contributed by atoms with van der Waals surface area (Å²) < 4.78 is 5.36. The van der Waals surface area contributed by atoms with Crippen LogP contribution in [0.2, 0.25) is 0 Å². The molecule has 1 aliphatic heterocycles. The average Bonchev–Trinajstić information content (AvgIpc) is 2.70. The highest BCUT2D eigenvalue weighted by molar-refractivity contribution is 8.23. The number of carbonyl (C=O) groups excluding carboxylic acids is 2. The standard InChI is InChI=1S/C11H10N2O3S2/c1-16-8-4-2-7(3-5-8)10(15)12-13-9(14)6-18-11(13)17/h2-5H,6H2,1H3,(H,12,15). The monoisotopic (exact) mass is 282 g/mol. The third kappa shape index (κ3) is 2.62. The number of thiocarbonyl (C=S) groups is 1. The number of carbonyl (C=O) groups is 2. The Kier molecular flexibility index (Phi) is 3.83. The van der Waals surface area contributed by atoms with Crippen molar-refractivity contribution in [1.82, 2.24) is 10.4 Å². The number of hydrogen-bond donors (Lipinski definition) is 1. The van der Waals surface area contributed by atoms with Gasteiger partial charge in [-0.3, -0.25) is 15.0 Å². The largest absolute Gasteiger partial charge is 0.497 e. The maximum absolute atomic E-state index is 11.9. The molecule has 1 N–H and O–H groups in total. The first-order valence-electron chi connectivity index (χ1n) is 5.06. The van der Waals surface area contributed by atoms with Gasteiger partial charge in [-0.1, -0.05) is 24.0 Å². The summed E-state index contributed by atoms with van der Waals surface area (Å²) in [5.41, 5.74) is 2.91. The van der Waals surface area contributed by atoms with Gasteiger partial charge in [0.05, 0.1) is 12.9 Å². The topological polar surface area (TPSA) is 58.6 Å². The third-order valence-corrected chi connectivity index (χ3v) is 3.67. The van der Waals surface area contributed by atoms with E-state index in [-0.39, 0.29) is 17.6 Å². The molecule has 7 heteroatoms. The molecule has 0 spiro atoms. The zero-order valence-electron chi connectivity index (χ0n) is 9.50. The van der Waals surface area contributed by atoms with E-state index < -0.39 is 0 Å². The Balaban J connectivity index is 2.07. The molecule has 0 unspecified atom stereocenters. The molecule has 94 valence electrons. The predicted octanol–water partition coefficient (Wildman–Crippen LogP) is 1.20. The van der Waals surface area contributed by atoms with Crippen LogP contribution in [0.25, 0.3) is 0 Å². The Hall–Kier alpha value is -1.60. The number of hydrazine groups is 1. The number of methoxy groups -OCH3 is 1. The van der Waals surface area contributed by atoms with Crippen LogP contribution >= 0.6 is 24.0 Å². The summed E-state index contributed by atoms with van der Waals surface area (Å²) >= 11 is 6.19. The van der Waals surface area contributed by atoms with Crippen LogP contribution in [0.15, 0.2) is 24.3 Å². The van der Waals surface area contributed by atoms with Crippen molar-refractivity contribution in [2.75, 3.05) is 12.9 Å². The summed E-state index contributed by atoms with van der Waals surface area (Å²) in [6.07, 6.45) is 0. The van der Waals surface area contributed by atoms with Crippen LogP contribution < -0.4 is 10.2 Å². The van der Waals surface area contributed by atoms with E-state index in [1.54, 1.807) is 31.4 Å². The number of thioether (sulfide) groups is 1. The Labute approximate surface area is 113 Å². The van der Waals surface area contributed by atoms with Crippen molar-refractivity contribution >= 4 is 40.1 Å². The van der Waals surface area contributed by atoms with E-state index in [2.05, 4.69) is 5.43 Å². The number of amides is 2. The molecule has 2 rings (SSSR count). The molecule has 0 radical (unpaired) electrons. The van der Waals surface area contributed by atoms with Crippen LogP contribution in [0, 0.1) is 0 Å². The van der Waals surface area contributed by atoms with Gasteiger partial charge < -0.3 is 4.74 Å². The quantitative estimate of drug-likeness (QED) is 0.844. The van der Waals surface area contributed by atoms with Crippen LogP contribution in [0.3, 0.4) is 0 Å². The number of benzene rings is 1. The number of rotatable bonds is 3. The van der Waals surface area contributed by atoms with E-state index in [9.17, 15) is 9.59 Å². The van der Waals surface area contributed by atoms with Crippen molar-refractivity contribution in [3.63, 3.8) is 0 Å². The number of nitrogens with zero attached hydrogens (tertiary/aromatic N) is 1. The summed E-state index contributed by atoms with van der Waals surface area (Å²) in [5.74, 6) is 0.333. The lowest BCUT2D eigenvalue weighted by Crippen LogP contribution is -2.45. The third-order valence-electron chi connectivity index (χ3n) is 2.32. The molecule has 0 aromatic heterocycles. The van der Waals surface area contributed by atoms with Gasteiger partial charge in [-0.15, -0.1) is 0 Å². The lowest BCUT2D eigenvalue weighted by Gasteiger charge is -2.15. The van der Waals surface area contributed by atoms with Gasteiger partial charge >= 0.3 is 0 Å². The fourth-order valence-electron chi connectivity index (χ4n) is 1.37. The first-order chi connectivity index (χ1) is 8.61. The van der Waals surface area contributed by atoms with Gasteiger partial charge in [-0.2, -0.15) is 0 Å². The molecule has 0 saturated carbocycles. The van der Waals surface area contributed by atoms with Crippen LogP contribution in [0.1, 0.15) is 10.4 Å². The summed E-state index contributed by atoms with van der Waals surface area (Å²) in [7, 11) is 1.55. The molecule has 1 fully saturated rings. The van der Waals surface area contributed by atoms with Crippen LogP contribution in [-0.4, -0.2) is 34.0 Å². The van der Waals surface area contributed by atoms with E-state index >= 15 is 0 Å². The molecule has 1 aromatic carbocycles. The van der Waals surface area contributed by atoms with Gasteiger partial charge in [-0.05, 0) is 24.3 Å². The van der Waals surface area contributed by atoms with E-state index in [0.29, 0.717) is 15.6 Å². The van der Waals surface area contributed by atoms with Gasteiger partial charge in [0.1, 0.15) is 5.75 Å². The molecule has 1 aromatic rings. The molecule has 0 atom stereocenters. The van der Waals surface area contributed by atoms with Crippen molar-refractivity contribution in [3.05, 3.63) is 29.8 Å². The highest BCUT2D eigenvalue weighted by Crippen LogP contribution is 2.17. The molecule has 18 heavy (non-hydrogen) atoms. The molecule has 1 aliphatic rings. The lowest BCUT2D eigenvalue weighted by atomic mass is 10.2. The van der Waals surface area contributed by atoms with Gasteiger partial charge in [0.15, 0.2) is 4.32 Å². The molecular weight excluding hydrogens is 272 g/mol. The average molecular weight is 282 g/mol. The Morgan fingerprint density at radius 2 is 2.11 bits per heavy atom. The molecule has 1 saturated heterocycles. The summed E-state index contributed by atoms with van der Waals surface area (Å²) in [6.45, 7) is 0. The zero-order chi connectivity index (χ0) is 13.1. The predicted molar refractivity (Wildman–Crippen MR) is 72.4 cm³/mol. The number of ether oxygens (including phenoxy) is 1. The molecule has 1 heterocycles. The normalized spacial score (nSPS) is 14.8. The molecule has 5 nitrogen and oxygen atoms in total. The minimum atomic E-state index is -0.379. The highest BCUT2D eigenvalue weighted by Gasteiger charge is 2.28. The highest BCUT2D eigenvalue weighted by atomic mass is 32.2. The van der Waals surface area contributed by atoms with Gasteiger partial charge in [0, 0.05) is 5.56 Å². The zero-order valence-corrected chi connectivity index (χ0v) is 11.1. The van der Waals surface area contributed by atoms with Crippen LogP contribution in [0.5, 0.6) is 5.75 Å². The van der Waals surface area contributed by atoms with Crippen LogP contribution in [0.4, 0.5) is 0 Å². The molecule has 2 amide bonds. The van der Waals surface area contributed by atoms with Crippen LogP contribution in [-0.2, 0) is 4.79 Å². The molecule has 0 aliphatic carbocycles. The number of nitrogens with one attached hydrogen (secondary N) is 1. The van der Waals surface area contributed by atoms with E-state index in [1.165, 1.54) is 11.8 Å². The second-order valence-electron chi connectivity index (χ2n) is 3.45. The maximum Gasteiger partial charge on any atom is 0.270 e. The fourth-order valence-corrected chi connectivity index (χ4v) is 2.35. The van der Waals surface area contributed by atoms with Crippen molar-refractivity contribution < 1.29 is 14.3 Å². The summed E-state index contributed by atoms with van der Waals surface area (Å²) in [6, 6.07) is 6.58. The minimum Gasteiger partial charge on any atom is -0.497 e. The molecule has 0 bridgehead atoms. The Morgan fingerprint density at radius 1 is 1.44 bits per heavy atom. The maximum atomic E-state index is 11.9. The minimum absolute atomic E-state index is 0.216. The lowest BCUT2D eigenvalue weighted by molar-refractivity contribution is -0.125. The van der Waals surface area contributed by atoms with E-state index in [4.69, 9.17) is 17.0 Å². The van der Waals surface area contributed by atoms with Crippen molar-refractivity contribution in [3.8, 4) is 5.75 Å². The van der Waals surface area contributed by atoms with Gasteiger partial charge in [-0.25, -0.2) is 5.01 Å². The first-order valence-corrected chi connectivity index (χ1v) is 6.46. The van der Waals surface area contributed by atoms with Crippen molar-refractivity contribution in [2.45, 2.75) is 0 Å². The SMILES string of the molecule is COc1ccc(C(=O)NN2C(=O)CSC2=S)cc1. The van der Waals surface area contributed by atoms with Crippen molar-refractivity contribution in [2.24, 2.45) is 0 Å². The summed E-state index contributed by atoms with van der Waals surface area (Å²) in [4.78, 5) is 23.3. The summed E-state index contributed by atoms with van der Waals surface area (Å²) in [5, 5.41) is 1.10. The van der Waals surface area contributed by atoms with Gasteiger partial charge in [0.25, 0.3) is 11.8 Å². The second-order valence-corrected chi connectivity index (χ2v) is 5.06.